The molecule has 0 radical (unpaired) electrons. The van der Waals surface area contributed by atoms with Gasteiger partial charge in [0.05, 0.1) is 5.69 Å². The number of fused-ring (bicyclic) bond motifs is 1. The molecule has 27 heavy (non-hydrogen) atoms. The minimum Gasteiger partial charge on any atom is -0.395 e. The van der Waals surface area contributed by atoms with E-state index in [0.29, 0.717) is 23.6 Å². The number of ether oxygens (including phenoxy) is 2. The topological polar surface area (TPSA) is 82.3 Å². The van der Waals surface area contributed by atoms with Gasteiger partial charge >= 0.3 is 6.29 Å². The molecule has 0 fully saturated rings. The SMILES string of the molecule is NC(CNc1cc(-c2ccc3c(c2)OC(F)(F)O3)ncn1)c1ccccc1. The van der Waals surface area contributed by atoms with Crippen molar-refractivity contribution in [3.8, 4) is 22.8 Å². The van der Waals surface area contributed by atoms with Crippen molar-refractivity contribution in [1.82, 2.24) is 9.97 Å². The van der Waals surface area contributed by atoms with E-state index in [1.54, 1.807) is 12.1 Å². The summed E-state index contributed by atoms with van der Waals surface area (Å²) in [5, 5.41) is 3.17. The Balaban J connectivity index is 1.49. The van der Waals surface area contributed by atoms with Gasteiger partial charge in [0.1, 0.15) is 12.1 Å². The van der Waals surface area contributed by atoms with E-state index >= 15 is 0 Å². The lowest BCUT2D eigenvalue weighted by atomic mass is 10.1. The fraction of sp³-hybridized carbons (Fsp3) is 0.158. The van der Waals surface area contributed by atoms with Gasteiger partial charge in [0, 0.05) is 24.2 Å². The summed E-state index contributed by atoms with van der Waals surface area (Å²) in [5.74, 6) is 0.538. The standard InChI is InChI=1S/C19H16F2N4O2/c20-19(21)26-16-7-6-13(8-17(16)27-19)15-9-18(25-11-24-15)23-10-14(22)12-4-2-1-3-5-12/h1-9,11,14H,10,22H2,(H,23,24,25). The number of nitrogens with zero attached hydrogens (tertiary/aromatic N) is 2. The Morgan fingerprint density at radius 2 is 1.78 bits per heavy atom. The van der Waals surface area contributed by atoms with Gasteiger partial charge in [-0.3, -0.25) is 0 Å². The summed E-state index contributed by atoms with van der Waals surface area (Å²) in [6.45, 7) is 0.480. The molecule has 4 rings (SSSR count). The summed E-state index contributed by atoms with van der Waals surface area (Å²) in [5.41, 5.74) is 8.34. The van der Waals surface area contributed by atoms with Crippen LogP contribution in [-0.4, -0.2) is 22.8 Å². The molecule has 0 saturated heterocycles. The third-order valence-corrected chi connectivity index (χ3v) is 4.09. The first-order chi connectivity index (χ1) is 13.0. The number of hydrogen-bond acceptors (Lipinski definition) is 6. The predicted octanol–water partition coefficient (Wildman–Crippen LogP) is 3.58. The van der Waals surface area contributed by atoms with E-state index in [-0.39, 0.29) is 17.5 Å². The molecule has 0 aliphatic carbocycles. The Hall–Kier alpha value is -3.26. The Kier molecular flexibility index (Phi) is 4.33. The fourth-order valence-corrected chi connectivity index (χ4v) is 2.75. The second kappa shape index (κ2) is 6.81. The minimum absolute atomic E-state index is 0.00927. The third kappa shape index (κ3) is 3.80. The van der Waals surface area contributed by atoms with Gasteiger partial charge in [0.15, 0.2) is 11.5 Å². The monoisotopic (exact) mass is 370 g/mol. The first kappa shape index (κ1) is 17.2. The molecule has 8 heteroatoms. The van der Waals surface area contributed by atoms with Crippen LogP contribution in [0.15, 0.2) is 60.9 Å². The zero-order valence-electron chi connectivity index (χ0n) is 14.1. The number of alkyl halides is 2. The average molecular weight is 370 g/mol. The molecule has 1 aromatic heterocycles. The zero-order chi connectivity index (χ0) is 18.9. The van der Waals surface area contributed by atoms with Gasteiger partial charge in [-0.05, 0) is 23.8 Å². The van der Waals surface area contributed by atoms with Crippen molar-refractivity contribution >= 4 is 5.82 Å². The molecule has 3 aromatic rings. The number of nitrogens with two attached hydrogens (primary N) is 1. The first-order valence-electron chi connectivity index (χ1n) is 8.27. The van der Waals surface area contributed by atoms with Crippen LogP contribution in [0.5, 0.6) is 11.5 Å². The zero-order valence-corrected chi connectivity index (χ0v) is 14.1. The van der Waals surface area contributed by atoms with Crippen LogP contribution in [0.25, 0.3) is 11.3 Å². The number of hydrogen-bond donors (Lipinski definition) is 2. The number of nitrogens with one attached hydrogen (secondary N) is 1. The molecule has 0 amide bonds. The van der Waals surface area contributed by atoms with Gasteiger partial charge in [0.25, 0.3) is 0 Å². The third-order valence-electron chi connectivity index (χ3n) is 4.09. The van der Waals surface area contributed by atoms with E-state index in [0.717, 1.165) is 5.56 Å². The second-order valence-corrected chi connectivity index (χ2v) is 6.02. The molecule has 1 unspecified atom stereocenters. The maximum atomic E-state index is 13.2. The highest BCUT2D eigenvalue weighted by Gasteiger charge is 2.43. The van der Waals surface area contributed by atoms with Gasteiger partial charge in [-0.2, -0.15) is 0 Å². The molecule has 1 atom stereocenters. The van der Waals surface area contributed by atoms with E-state index in [1.807, 2.05) is 30.3 Å². The summed E-state index contributed by atoms with van der Waals surface area (Å²) in [6, 6.07) is 15.7. The van der Waals surface area contributed by atoms with Crippen molar-refractivity contribution in [3.05, 3.63) is 66.5 Å². The quantitative estimate of drug-likeness (QED) is 0.714. The summed E-state index contributed by atoms with van der Waals surface area (Å²) in [4.78, 5) is 8.36. The number of benzene rings is 2. The van der Waals surface area contributed by atoms with Crippen LogP contribution in [-0.2, 0) is 0 Å². The number of anilines is 1. The van der Waals surface area contributed by atoms with E-state index in [9.17, 15) is 8.78 Å². The lowest BCUT2D eigenvalue weighted by Gasteiger charge is -2.14. The molecule has 138 valence electrons. The lowest BCUT2D eigenvalue weighted by molar-refractivity contribution is -0.286. The fourth-order valence-electron chi connectivity index (χ4n) is 2.75. The smallest absolute Gasteiger partial charge is 0.395 e. The van der Waals surface area contributed by atoms with E-state index in [1.165, 1.54) is 18.5 Å². The highest BCUT2D eigenvalue weighted by atomic mass is 19.3. The van der Waals surface area contributed by atoms with Crippen LogP contribution in [0, 0.1) is 0 Å². The molecule has 1 aliphatic heterocycles. The largest absolute Gasteiger partial charge is 0.586 e. The van der Waals surface area contributed by atoms with Gasteiger partial charge in [-0.15, -0.1) is 8.78 Å². The van der Waals surface area contributed by atoms with Gasteiger partial charge in [0.2, 0.25) is 0 Å². The molecule has 0 saturated carbocycles. The molecule has 2 heterocycles. The molecule has 6 nitrogen and oxygen atoms in total. The Morgan fingerprint density at radius 3 is 2.59 bits per heavy atom. The maximum absolute atomic E-state index is 13.2. The van der Waals surface area contributed by atoms with E-state index in [4.69, 9.17) is 5.73 Å². The van der Waals surface area contributed by atoms with Crippen LogP contribution >= 0.6 is 0 Å². The summed E-state index contributed by atoms with van der Waals surface area (Å²) in [6.07, 6.45) is -2.25. The van der Waals surface area contributed by atoms with Gasteiger partial charge in [-0.25, -0.2) is 9.97 Å². The van der Waals surface area contributed by atoms with Crippen molar-refractivity contribution in [1.29, 1.82) is 0 Å². The molecule has 3 N–H and O–H groups in total. The van der Waals surface area contributed by atoms with Gasteiger partial charge in [-0.1, -0.05) is 30.3 Å². The highest BCUT2D eigenvalue weighted by Crippen LogP contribution is 2.42. The molecule has 0 bridgehead atoms. The molecular weight excluding hydrogens is 354 g/mol. The number of rotatable bonds is 5. The molecule has 0 spiro atoms. The van der Waals surface area contributed by atoms with Crippen LogP contribution in [0.3, 0.4) is 0 Å². The second-order valence-electron chi connectivity index (χ2n) is 6.02. The normalized spacial score (nSPS) is 15.4. The minimum atomic E-state index is -3.65. The first-order valence-corrected chi connectivity index (χ1v) is 8.27. The summed E-state index contributed by atoms with van der Waals surface area (Å²) >= 11 is 0. The van der Waals surface area contributed by atoms with Crippen LogP contribution in [0.4, 0.5) is 14.6 Å². The summed E-state index contributed by atoms with van der Waals surface area (Å²) in [7, 11) is 0. The maximum Gasteiger partial charge on any atom is 0.586 e. The molecule has 2 aromatic carbocycles. The van der Waals surface area contributed by atoms with Crippen molar-refractivity contribution < 1.29 is 18.3 Å². The number of halogens is 2. The van der Waals surface area contributed by atoms with Crippen LogP contribution < -0.4 is 20.5 Å². The van der Waals surface area contributed by atoms with Gasteiger partial charge < -0.3 is 20.5 Å². The Labute approximate surface area is 154 Å². The highest BCUT2D eigenvalue weighted by molar-refractivity contribution is 5.66. The number of aromatic nitrogens is 2. The predicted molar refractivity (Wildman–Crippen MR) is 95.5 cm³/mol. The lowest BCUT2D eigenvalue weighted by Crippen LogP contribution is -2.25. The Bertz CT molecular complexity index is 953. The van der Waals surface area contributed by atoms with Crippen molar-refractivity contribution in [3.63, 3.8) is 0 Å². The van der Waals surface area contributed by atoms with E-state index < -0.39 is 6.29 Å². The van der Waals surface area contributed by atoms with Crippen LogP contribution in [0.2, 0.25) is 0 Å². The van der Waals surface area contributed by atoms with Crippen molar-refractivity contribution in [2.75, 3.05) is 11.9 Å². The van der Waals surface area contributed by atoms with Crippen molar-refractivity contribution in [2.45, 2.75) is 12.3 Å². The Morgan fingerprint density at radius 1 is 1.00 bits per heavy atom. The summed E-state index contributed by atoms with van der Waals surface area (Å²) < 4.78 is 35.2. The van der Waals surface area contributed by atoms with Crippen molar-refractivity contribution in [2.24, 2.45) is 5.73 Å². The van der Waals surface area contributed by atoms with E-state index in [2.05, 4.69) is 24.8 Å². The average Bonchev–Trinajstić information content (AvgIpc) is 3.00. The molecular formula is C19H16F2N4O2. The van der Waals surface area contributed by atoms with Crippen LogP contribution in [0.1, 0.15) is 11.6 Å². The molecule has 1 aliphatic rings.